The first kappa shape index (κ1) is 14.7. The number of hydrogen-bond acceptors (Lipinski definition) is 4. The van der Waals surface area contributed by atoms with Crippen molar-refractivity contribution < 1.29 is 9.53 Å². The van der Waals surface area contributed by atoms with Crippen molar-refractivity contribution in [3.63, 3.8) is 0 Å². The van der Waals surface area contributed by atoms with Gasteiger partial charge in [-0.1, -0.05) is 12.2 Å². The van der Waals surface area contributed by atoms with Gasteiger partial charge >= 0.3 is 0 Å². The Hall–Kier alpha value is -1.66. The van der Waals surface area contributed by atoms with Crippen molar-refractivity contribution in [2.45, 2.75) is 0 Å². The van der Waals surface area contributed by atoms with E-state index in [1.54, 1.807) is 24.3 Å². The third-order valence-electron chi connectivity index (χ3n) is 3.36. The number of hydrogen-bond donors (Lipinski definition) is 1. The predicted molar refractivity (Wildman–Crippen MR) is 81.9 cm³/mol. The van der Waals surface area contributed by atoms with Crippen LogP contribution in [0.15, 0.2) is 24.3 Å². The summed E-state index contributed by atoms with van der Waals surface area (Å²) in [6.07, 6.45) is 0. The van der Waals surface area contributed by atoms with E-state index in [1.807, 2.05) is 4.90 Å². The average molecular weight is 293 g/mol. The number of piperazine rings is 1. The monoisotopic (exact) mass is 293 g/mol. The smallest absolute Gasteiger partial charge is 0.260 e. The molecule has 0 unspecified atom stereocenters. The van der Waals surface area contributed by atoms with E-state index < -0.39 is 0 Å². The van der Waals surface area contributed by atoms with Crippen LogP contribution in [0.25, 0.3) is 0 Å². The lowest BCUT2D eigenvalue weighted by Crippen LogP contribution is -2.48. The summed E-state index contributed by atoms with van der Waals surface area (Å²) in [5, 5.41) is 0. The molecule has 20 heavy (non-hydrogen) atoms. The molecule has 0 saturated carbocycles. The number of carbonyl (C=O) groups is 1. The summed E-state index contributed by atoms with van der Waals surface area (Å²) in [5.74, 6) is 0.670. The van der Waals surface area contributed by atoms with E-state index in [4.69, 9.17) is 22.7 Å². The normalized spacial score (nSPS) is 15.9. The first-order chi connectivity index (χ1) is 9.56. The predicted octanol–water partition coefficient (Wildman–Crippen LogP) is 0.474. The van der Waals surface area contributed by atoms with Gasteiger partial charge in [-0.2, -0.15) is 0 Å². The Balaban J connectivity index is 1.82. The van der Waals surface area contributed by atoms with Gasteiger partial charge in [-0.05, 0) is 31.3 Å². The number of ether oxygens (including phenoxy) is 1. The molecule has 1 aromatic carbocycles. The van der Waals surface area contributed by atoms with E-state index in [2.05, 4.69) is 11.9 Å². The van der Waals surface area contributed by atoms with E-state index in [0.717, 1.165) is 31.7 Å². The fourth-order valence-electron chi connectivity index (χ4n) is 2.01. The van der Waals surface area contributed by atoms with Gasteiger partial charge < -0.3 is 20.3 Å². The number of amides is 1. The van der Waals surface area contributed by atoms with Crippen molar-refractivity contribution in [2.24, 2.45) is 5.73 Å². The first-order valence-corrected chi connectivity index (χ1v) is 6.96. The number of nitrogens with zero attached hydrogens (tertiary/aromatic N) is 2. The Morgan fingerprint density at radius 2 is 1.85 bits per heavy atom. The number of likely N-dealkylation sites (N-methyl/N-ethyl adjacent to an activating group) is 1. The Labute approximate surface area is 124 Å². The van der Waals surface area contributed by atoms with Crippen molar-refractivity contribution in [3.8, 4) is 5.75 Å². The molecule has 1 aliphatic heterocycles. The summed E-state index contributed by atoms with van der Waals surface area (Å²) in [4.78, 5) is 16.4. The van der Waals surface area contributed by atoms with Crippen LogP contribution in [0.1, 0.15) is 5.56 Å². The Morgan fingerprint density at radius 3 is 2.40 bits per heavy atom. The van der Waals surface area contributed by atoms with Crippen molar-refractivity contribution in [1.29, 1.82) is 0 Å². The molecule has 0 bridgehead atoms. The zero-order valence-electron chi connectivity index (χ0n) is 11.5. The van der Waals surface area contributed by atoms with Crippen LogP contribution in [0.4, 0.5) is 0 Å². The molecule has 108 valence electrons. The second-order valence-corrected chi connectivity index (χ2v) is 5.30. The molecule has 1 aromatic rings. The highest BCUT2D eigenvalue weighted by Gasteiger charge is 2.19. The van der Waals surface area contributed by atoms with Gasteiger partial charge in [0.25, 0.3) is 5.91 Å². The number of nitrogens with two attached hydrogens (primary N) is 1. The van der Waals surface area contributed by atoms with E-state index in [9.17, 15) is 4.79 Å². The summed E-state index contributed by atoms with van der Waals surface area (Å²) in [7, 11) is 2.06. The van der Waals surface area contributed by atoms with Crippen LogP contribution in [0, 0.1) is 0 Å². The molecule has 0 atom stereocenters. The molecular weight excluding hydrogens is 274 g/mol. The van der Waals surface area contributed by atoms with Crippen LogP contribution in [-0.4, -0.2) is 60.5 Å². The van der Waals surface area contributed by atoms with Crippen molar-refractivity contribution in [3.05, 3.63) is 29.8 Å². The van der Waals surface area contributed by atoms with Gasteiger partial charge in [-0.25, -0.2) is 0 Å². The summed E-state index contributed by atoms with van der Waals surface area (Å²) in [6, 6.07) is 7.12. The Morgan fingerprint density at radius 1 is 1.25 bits per heavy atom. The average Bonchev–Trinajstić information content (AvgIpc) is 2.46. The molecule has 0 radical (unpaired) electrons. The maximum absolute atomic E-state index is 12.0. The molecule has 1 amide bonds. The molecule has 5 nitrogen and oxygen atoms in total. The van der Waals surface area contributed by atoms with E-state index >= 15 is 0 Å². The second-order valence-electron chi connectivity index (χ2n) is 4.86. The van der Waals surface area contributed by atoms with Gasteiger partial charge in [0.1, 0.15) is 10.7 Å². The number of carbonyl (C=O) groups excluding carboxylic acids is 1. The maximum Gasteiger partial charge on any atom is 0.260 e. The summed E-state index contributed by atoms with van der Waals surface area (Å²) >= 11 is 4.88. The summed E-state index contributed by atoms with van der Waals surface area (Å²) < 4.78 is 5.49. The van der Waals surface area contributed by atoms with Crippen LogP contribution in [0.3, 0.4) is 0 Å². The Bertz CT molecular complexity index is 482. The molecule has 2 rings (SSSR count). The van der Waals surface area contributed by atoms with Gasteiger partial charge in [0.2, 0.25) is 0 Å². The molecule has 1 heterocycles. The first-order valence-electron chi connectivity index (χ1n) is 6.55. The van der Waals surface area contributed by atoms with E-state index in [0.29, 0.717) is 10.7 Å². The maximum atomic E-state index is 12.0. The zero-order chi connectivity index (χ0) is 14.5. The van der Waals surface area contributed by atoms with E-state index in [1.165, 1.54) is 0 Å². The highest BCUT2D eigenvalue weighted by molar-refractivity contribution is 7.80. The van der Waals surface area contributed by atoms with Gasteiger partial charge in [0.05, 0.1) is 0 Å². The quantitative estimate of drug-likeness (QED) is 0.818. The molecule has 1 aliphatic rings. The van der Waals surface area contributed by atoms with Crippen LogP contribution < -0.4 is 10.5 Å². The highest BCUT2D eigenvalue weighted by atomic mass is 32.1. The molecule has 6 heteroatoms. The van der Waals surface area contributed by atoms with Gasteiger partial charge in [0, 0.05) is 31.7 Å². The van der Waals surface area contributed by atoms with Gasteiger partial charge in [0.15, 0.2) is 6.61 Å². The van der Waals surface area contributed by atoms with Crippen molar-refractivity contribution in [1.82, 2.24) is 9.80 Å². The third-order valence-corrected chi connectivity index (χ3v) is 3.59. The standard InChI is InChI=1S/C14H19N3O2S/c1-16-6-8-17(9-7-16)13(18)10-19-12-4-2-11(3-5-12)14(15)20/h2-5H,6-10H2,1H3,(H2,15,20). The van der Waals surface area contributed by atoms with Gasteiger partial charge in [-0.15, -0.1) is 0 Å². The summed E-state index contributed by atoms with van der Waals surface area (Å²) in [5.41, 5.74) is 6.31. The van der Waals surface area contributed by atoms with Crippen molar-refractivity contribution >= 4 is 23.1 Å². The Kier molecular flexibility index (Phi) is 4.92. The molecule has 1 fully saturated rings. The minimum absolute atomic E-state index is 0.0246. The SMILES string of the molecule is CN1CCN(C(=O)COc2ccc(C(N)=S)cc2)CC1. The van der Waals surface area contributed by atoms with Crippen LogP contribution >= 0.6 is 12.2 Å². The topological polar surface area (TPSA) is 58.8 Å². The molecule has 1 saturated heterocycles. The van der Waals surface area contributed by atoms with Crippen LogP contribution in [-0.2, 0) is 4.79 Å². The molecule has 0 spiro atoms. The van der Waals surface area contributed by atoms with Gasteiger partial charge in [-0.3, -0.25) is 4.79 Å². The zero-order valence-corrected chi connectivity index (χ0v) is 12.4. The highest BCUT2D eigenvalue weighted by Crippen LogP contribution is 2.12. The lowest BCUT2D eigenvalue weighted by Gasteiger charge is -2.32. The molecular formula is C14H19N3O2S. The molecule has 2 N–H and O–H groups in total. The van der Waals surface area contributed by atoms with Crippen LogP contribution in [0.2, 0.25) is 0 Å². The minimum atomic E-state index is 0.0246. The number of rotatable bonds is 4. The van der Waals surface area contributed by atoms with Crippen LogP contribution in [0.5, 0.6) is 5.75 Å². The molecule has 0 aromatic heterocycles. The van der Waals surface area contributed by atoms with Crippen molar-refractivity contribution in [2.75, 3.05) is 39.8 Å². The molecule has 0 aliphatic carbocycles. The lowest BCUT2D eigenvalue weighted by atomic mass is 10.2. The minimum Gasteiger partial charge on any atom is -0.484 e. The fraction of sp³-hybridized carbons (Fsp3) is 0.429. The number of thiocarbonyl (C=S) groups is 1. The lowest BCUT2D eigenvalue weighted by molar-refractivity contribution is -0.134. The number of benzene rings is 1. The third kappa shape index (κ3) is 3.91. The largest absolute Gasteiger partial charge is 0.484 e. The van der Waals surface area contributed by atoms with E-state index in [-0.39, 0.29) is 12.5 Å². The summed E-state index contributed by atoms with van der Waals surface area (Å²) in [6.45, 7) is 3.41. The fourth-order valence-corrected chi connectivity index (χ4v) is 2.14. The second kappa shape index (κ2) is 6.67.